The third-order valence-corrected chi connectivity index (χ3v) is 7.50. The first-order valence-corrected chi connectivity index (χ1v) is 11.4. The van der Waals surface area contributed by atoms with Gasteiger partial charge in [-0.3, -0.25) is 9.59 Å². The minimum Gasteiger partial charge on any atom is -0.484 e. The summed E-state index contributed by atoms with van der Waals surface area (Å²) in [6, 6.07) is 4.15. The van der Waals surface area contributed by atoms with Gasteiger partial charge in [-0.2, -0.15) is 0 Å². The number of rotatable bonds is 7. The lowest BCUT2D eigenvalue weighted by atomic mass is 9.76. The highest BCUT2D eigenvalue weighted by Gasteiger charge is 2.57. The molecule has 0 radical (unpaired) electrons. The lowest BCUT2D eigenvalue weighted by molar-refractivity contribution is -0.124. The predicted molar refractivity (Wildman–Crippen MR) is 113 cm³/mol. The number of ether oxygens (including phenoxy) is 1. The largest absolute Gasteiger partial charge is 0.484 e. The van der Waals surface area contributed by atoms with E-state index in [1.54, 1.807) is 0 Å². The second-order valence-electron chi connectivity index (χ2n) is 8.74. The van der Waals surface area contributed by atoms with E-state index in [2.05, 4.69) is 34.7 Å². The number of fused-ring (bicyclic) bond motifs is 1. The van der Waals surface area contributed by atoms with Crippen molar-refractivity contribution in [3.8, 4) is 5.75 Å². The fourth-order valence-corrected chi connectivity index (χ4v) is 5.79. The van der Waals surface area contributed by atoms with E-state index < -0.39 is 5.82 Å². The number of hydrazine groups is 1. The second-order valence-corrected chi connectivity index (χ2v) is 10.1. The number of carbonyl (C=O) groups is 2. The highest BCUT2D eigenvalue weighted by molar-refractivity contribution is 7.99. The van der Waals surface area contributed by atoms with Gasteiger partial charge in [0.1, 0.15) is 16.8 Å². The van der Waals surface area contributed by atoms with Crippen molar-refractivity contribution in [2.45, 2.75) is 56.0 Å². The second kappa shape index (κ2) is 8.53. The van der Waals surface area contributed by atoms with Crippen molar-refractivity contribution in [3.63, 3.8) is 0 Å². The number of hydrogen-bond donors (Lipinski definition) is 4. The molecule has 164 valence electrons. The van der Waals surface area contributed by atoms with E-state index in [1.165, 1.54) is 24.1 Å². The van der Waals surface area contributed by atoms with Crippen LogP contribution in [0.3, 0.4) is 0 Å². The van der Waals surface area contributed by atoms with Crippen LogP contribution in [0.25, 0.3) is 0 Å². The van der Waals surface area contributed by atoms with Gasteiger partial charge in [0.05, 0.1) is 5.02 Å². The topological polar surface area (TPSA) is 91.5 Å². The smallest absolute Gasteiger partial charge is 0.258 e. The van der Waals surface area contributed by atoms with Gasteiger partial charge in [0, 0.05) is 23.7 Å². The zero-order valence-electron chi connectivity index (χ0n) is 16.8. The molecule has 4 N–H and O–H groups in total. The quantitative estimate of drug-likeness (QED) is 0.470. The maximum absolute atomic E-state index is 13.5. The lowest BCUT2D eigenvalue weighted by Crippen LogP contribution is -2.56. The Hall–Kier alpha value is -1.55. The van der Waals surface area contributed by atoms with E-state index in [-0.39, 0.29) is 52.1 Å². The van der Waals surface area contributed by atoms with Gasteiger partial charge in [-0.25, -0.2) is 14.6 Å². The predicted octanol–water partition coefficient (Wildman–Crippen LogP) is 2.16. The average molecular weight is 457 g/mol. The van der Waals surface area contributed by atoms with Gasteiger partial charge in [0.25, 0.3) is 5.91 Å². The molecular weight excluding hydrogens is 431 g/mol. The molecule has 2 bridgehead atoms. The molecule has 2 unspecified atom stereocenters. The highest BCUT2D eigenvalue weighted by Crippen LogP contribution is 2.52. The van der Waals surface area contributed by atoms with Crippen LogP contribution in [-0.2, 0) is 9.59 Å². The van der Waals surface area contributed by atoms with E-state index in [1.807, 2.05) is 0 Å². The lowest BCUT2D eigenvalue weighted by Gasteiger charge is -2.40. The van der Waals surface area contributed by atoms with E-state index in [0.717, 1.165) is 25.3 Å². The summed E-state index contributed by atoms with van der Waals surface area (Å²) in [4.78, 5) is 28.1. The molecule has 3 aliphatic carbocycles. The number of nitrogens with one attached hydrogen (secondary N) is 4. The molecule has 1 saturated heterocycles. The van der Waals surface area contributed by atoms with Crippen LogP contribution in [0.15, 0.2) is 18.2 Å². The van der Waals surface area contributed by atoms with Crippen LogP contribution in [0.2, 0.25) is 5.02 Å². The van der Waals surface area contributed by atoms with Crippen LogP contribution in [0.1, 0.15) is 33.1 Å². The molecular formula is C20H26ClFN4O3S. The number of benzene rings is 1. The van der Waals surface area contributed by atoms with Crippen molar-refractivity contribution in [2.24, 2.45) is 11.8 Å². The number of amides is 2. The summed E-state index contributed by atoms with van der Waals surface area (Å²) in [7, 11) is 0. The van der Waals surface area contributed by atoms with Gasteiger partial charge < -0.3 is 15.4 Å². The monoisotopic (exact) mass is 456 g/mol. The molecule has 0 aromatic heterocycles. The zero-order valence-corrected chi connectivity index (χ0v) is 18.4. The van der Waals surface area contributed by atoms with Gasteiger partial charge in [0.15, 0.2) is 6.61 Å². The van der Waals surface area contributed by atoms with Crippen LogP contribution in [-0.4, -0.2) is 41.3 Å². The van der Waals surface area contributed by atoms with Crippen LogP contribution in [0.5, 0.6) is 5.75 Å². The molecule has 3 atom stereocenters. The molecule has 2 amide bonds. The first-order valence-electron chi connectivity index (χ1n) is 10.1. The molecule has 1 aromatic rings. The normalized spacial score (nSPS) is 32.0. The summed E-state index contributed by atoms with van der Waals surface area (Å²) in [5.41, 5.74) is 2.93. The van der Waals surface area contributed by atoms with Gasteiger partial charge >= 0.3 is 0 Å². The number of carbonyl (C=O) groups excluding carboxylic acids is 2. The molecule has 4 fully saturated rings. The molecule has 5 rings (SSSR count). The Bertz CT molecular complexity index is 836. The number of halogens is 2. The molecule has 3 saturated carbocycles. The molecule has 1 aromatic carbocycles. The van der Waals surface area contributed by atoms with E-state index in [0.29, 0.717) is 11.8 Å². The Morgan fingerprint density at radius 2 is 2.13 bits per heavy atom. The molecule has 0 spiro atoms. The first-order chi connectivity index (χ1) is 14.3. The third kappa shape index (κ3) is 4.39. The summed E-state index contributed by atoms with van der Waals surface area (Å²) in [5, 5.41) is 6.07. The Balaban J connectivity index is 1.25. The van der Waals surface area contributed by atoms with Crippen LogP contribution < -0.4 is 25.6 Å². The first kappa shape index (κ1) is 21.7. The zero-order chi connectivity index (χ0) is 21.5. The maximum atomic E-state index is 13.5. The highest BCUT2D eigenvalue weighted by atomic mass is 35.5. The fourth-order valence-electron chi connectivity index (χ4n) is 4.65. The van der Waals surface area contributed by atoms with Crippen molar-refractivity contribution in [1.29, 1.82) is 0 Å². The van der Waals surface area contributed by atoms with Crippen LogP contribution in [0, 0.1) is 17.7 Å². The van der Waals surface area contributed by atoms with Crippen LogP contribution in [0.4, 0.5) is 4.39 Å². The SMILES string of the molecule is CC(C)C1NNSC1C(=O)NC12CC(C1)[C@@H](NC(=O)COc1ccc(Cl)c(F)c1)C2. The van der Waals surface area contributed by atoms with Gasteiger partial charge in [0.2, 0.25) is 5.91 Å². The van der Waals surface area contributed by atoms with Gasteiger partial charge in [-0.05, 0) is 43.2 Å². The average Bonchev–Trinajstić information content (AvgIpc) is 3.35. The van der Waals surface area contributed by atoms with E-state index in [4.69, 9.17) is 16.3 Å². The molecule has 1 aliphatic heterocycles. The van der Waals surface area contributed by atoms with Crippen molar-refractivity contribution < 1.29 is 18.7 Å². The molecule has 7 nitrogen and oxygen atoms in total. The third-order valence-electron chi connectivity index (χ3n) is 6.20. The fraction of sp³-hybridized carbons (Fsp3) is 0.600. The Morgan fingerprint density at radius 3 is 2.83 bits per heavy atom. The summed E-state index contributed by atoms with van der Waals surface area (Å²) in [6.45, 7) is 3.98. The maximum Gasteiger partial charge on any atom is 0.258 e. The summed E-state index contributed by atoms with van der Waals surface area (Å²) in [6.07, 6.45) is 2.46. The van der Waals surface area contributed by atoms with Crippen molar-refractivity contribution in [1.82, 2.24) is 20.9 Å². The van der Waals surface area contributed by atoms with E-state index in [9.17, 15) is 14.0 Å². The summed E-state index contributed by atoms with van der Waals surface area (Å²) < 4.78 is 18.8. The van der Waals surface area contributed by atoms with Crippen LogP contribution >= 0.6 is 23.5 Å². The number of hydrogen-bond acceptors (Lipinski definition) is 6. The minimum atomic E-state index is -0.589. The van der Waals surface area contributed by atoms with Gasteiger partial charge in [-0.15, -0.1) is 0 Å². The van der Waals surface area contributed by atoms with Gasteiger partial charge in [-0.1, -0.05) is 37.4 Å². The molecule has 10 heteroatoms. The van der Waals surface area contributed by atoms with Crippen molar-refractivity contribution >= 4 is 35.4 Å². The standard InChI is InChI=1S/C20H26ClFN4O3S/c1-10(2)17-18(30-26-25-17)19(28)24-20-6-11(7-20)15(8-20)23-16(27)9-29-12-3-4-13(21)14(22)5-12/h3-5,10-11,15,17-18,25-26H,6-9H2,1-2H3,(H,23,27)(H,24,28)/t11?,15-,17?,18?,20?/m0/s1. The molecule has 4 aliphatic rings. The molecule has 30 heavy (non-hydrogen) atoms. The Morgan fingerprint density at radius 1 is 1.37 bits per heavy atom. The van der Waals surface area contributed by atoms with E-state index >= 15 is 0 Å². The van der Waals surface area contributed by atoms with Crippen molar-refractivity contribution in [3.05, 3.63) is 29.0 Å². The molecule has 1 heterocycles. The minimum absolute atomic E-state index is 0.00663. The van der Waals surface area contributed by atoms with Crippen molar-refractivity contribution in [2.75, 3.05) is 6.61 Å². The summed E-state index contributed by atoms with van der Waals surface area (Å²) in [5.74, 6) is 0.130. The Kier molecular flexibility index (Phi) is 6.16. The summed E-state index contributed by atoms with van der Waals surface area (Å²) >= 11 is 7.05. The Labute approximate surface area is 184 Å².